The van der Waals surface area contributed by atoms with Gasteiger partial charge in [0.05, 0.1) is 0 Å². The molecule has 0 heterocycles. The van der Waals surface area contributed by atoms with Gasteiger partial charge in [-0.3, -0.25) is 0 Å². The van der Waals surface area contributed by atoms with Gasteiger partial charge in [-0.25, -0.2) is 0 Å². The molecule has 0 aliphatic heterocycles. The minimum absolute atomic E-state index is 0. The van der Waals surface area contributed by atoms with Gasteiger partial charge >= 0.3 is 29.1 Å². The maximum atomic E-state index is 9.84. The fraction of sp³-hybridized carbons (Fsp3) is 0. The second-order valence-electron chi connectivity index (χ2n) is 0.639. The number of halogens is 6. The molecule has 0 amide bonds. The molecule has 0 aromatic heterocycles. The predicted molar refractivity (Wildman–Crippen MR) is 19.7 cm³/mol. The third kappa shape index (κ3) is 889. The summed E-state index contributed by atoms with van der Waals surface area (Å²) in [5, 5.41) is 0. The minimum atomic E-state index is -8.55. The van der Waals surface area contributed by atoms with Crippen LogP contribution in [-0.2, 0) is 0 Å². The second-order valence-corrected chi connectivity index (χ2v) is 1.92. The predicted octanol–water partition coefficient (Wildman–Crippen LogP) is 3.38. The molecule has 7 heavy (non-hydrogen) atoms. The van der Waals surface area contributed by atoms with Gasteiger partial charge in [0.1, 0.15) is 0 Å². The van der Waals surface area contributed by atoms with Gasteiger partial charge in [-0.05, 0) is 0 Å². The first-order valence-electron chi connectivity index (χ1n) is 0.845. The maximum absolute atomic E-state index is 9.84. The van der Waals surface area contributed by atoms with Crippen LogP contribution in [0.3, 0.4) is 0 Å². The molecule has 0 nitrogen and oxygen atoms in total. The van der Waals surface area contributed by atoms with E-state index in [0.717, 1.165) is 0 Å². The zero-order valence-corrected chi connectivity index (χ0v) is 4.46. The van der Waals surface area contributed by atoms with Crippen molar-refractivity contribution in [2.24, 2.45) is 0 Å². The summed E-state index contributed by atoms with van der Waals surface area (Å²) in [5.41, 5.74) is 0. The van der Waals surface area contributed by atoms with Crippen molar-refractivity contribution in [1.29, 1.82) is 0 Å². The Hall–Kier alpha value is 0.370. The van der Waals surface area contributed by atoms with E-state index in [9.17, 15) is 21.0 Å². The van der Waals surface area contributed by atoms with Crippen LogP contribution >= 0.6 is 20.6 Å². The van der Waals surface area contributed by atoms with Gasteiger partial charge in [0, 0.05) is 0 Å². The molecule has 7 heteroatoms. The molecule has 0 aliphatic carbocycles. The van der Waals surface area contributed by atoms with Crippen molar-refractivity contribution < 1.29 is 21.0 Å². The quantitative estimate of drug-likeness (QED) is 0.378. The third-order valence-corrected chi connectivity index (χ3v) is 0. The van der Waals surface area contributed by atoms with E-state index in [1.165, 1.54) is 0 Å². The fourth-order valence-corrected chi connectivity index (χ4v) is 0. The van der Waals surface area contributed by atoms with Crippen LogP contribution < -0.4 is 0 Å². The van der Waals surface area contributed by atoms with Crippen LogP contribution in [-0.4, -0.2) is 0 Å². The molecule has 0 aliphatic rings. The molecule has 0 radical (unpaired) electrons. The van der Waals surface area contributed by atoms with Crippen molar-refractivity contribution in [3.63, 3.8) is 0 Å². The first-order valence-corrected chi connectivity index (χ1v) is 2.54. The van der Waals surface area contributed by atoms with Crippen LogP contribution in [0, 0.1) is 0 Å². The van der Waals surface area contributed by atoms with E-state index in [4.69, 9.17) is 0 Å². The SMILES string of the molecule is Cl.FP(F)(F)(F)F. The first kappa shape index (κ1) is 10.4. The van der Waals surface area contributed by atoms with Crippen LogP contribution in [0.5, 0.6) is 0 Å². The van der Waals surface area contributed by atoms with Crippen molar-refractivity contribution in [1.82, 2.24) is 0 Å². The van der Waals surface area contributed by atoms with E-state index in [2.05, 4.69) is 0 Å². The molecule has 48 valence electrons. The van der Waals surface area contributed by atoms with Crippen LogP contribution in [0.15, 0.2) is 0 Å². The van der Waals surface area contributed by atoms with Crippen LogP contribution in [0.2, 0.25) is 0 Å². The van der Waals surface area contributed by atoms with Gasteiger partial charge in [0.2, 0.25) is 0 Å². The molecule has 0 saturated heterocycles. The normalized spacial score (nSPS) is 16.4. The Morgan fingerprint density at radius 1 is 0.714 bits per heavy atom. The molecular weight excluding hydrogens is 161 g/mol. The van der Waals surface area contributed by atoms with Crippen molar-refractivity contribution >= 4 is 20.6 Å². The van der Waals surface area contributed by atoms with Gasteiger partial charge < -0.3 is 0 Å². The molecule has 0 spiro atoms. The molecule has 0 aromatic carbocycles. The standard InChI is InChI=1S/ClH.F5P/c;1-6(2,3,4)5/h1H;. The second kappa shape index (κ2) is 1.71. The van der Waals surface area contributed by atoms with Crippen LogP contribution in [0.1, 0.15) is 0 Å². The molecule has 0 rings (SSSR count). The number of hydrogen-bond donors (Lipinski definition) is 0. The zero-order valence-electron chi connectivity index (χ0n) is 2.75. The average molecular weight is 162 g/mol. The van der Waals surface area contributed by atoms with Crippen LogP contribution in [0.25, 0.3) is 0 Å². The summed E-state index contributed by atoms with van der Waals surface area (Å²) in [7, 11) is -8.55. The summed E-state index contributed by atoms with van der Waals surface area (Å²) >= 11 is 0. The zero-order chi connectivity index (χ0) is 5.45. The van der Waals surface area contributed by atoms with Crippen molar-refractivity contribution in [2.75, 3.05) is 0 Å². The monoisotopic (exact) mass is 162 g/mol. The van der Waals surface area contributed by atoms with E-state index < -0.39 is 8.16 Å². The molecule has 0 aromatic rings. The number of rotatable bonds is 0. The third-order valence-electron chi connectivity index (χ3n) is 0. The Labute approximate surface area is 42.6 Å². The van der Waals surface area contributed by atoms with E-state index in [1.807, 2.05) is 0 Å². The molecule has 0 N–H and O–H groups in total. The summed E-state index contributed by atoms with van der Waals surface area (Å²) in [6, 6.07) is 0. The first-order chi connectivity index (χ1) is 2.24. The Bertz CT molecular complexity index is 41.3. The number of hydrogen-bond acceptors (Lipinski definition) is 0. The topological polar surface area (TPSA) is 0 Å². The Morgan fingerprint density at radius 3 is 0.714 bits per heavy atom. The molecule has 0 fully saturated rings. The van der Waals surface area contributed by atoms with Gasteiger partial charge in [0.15, 0.2) is 0 Å². The Balaban J connectivity index is 0. The van der Waals surface area contributed by atoms with Gasteiger partial charge in [-0.2, -0.15) is 0 Å². The van der Waals surface area contributed by atoms with Crippen LogP contribution in [0.4, 0.5) is 21.0 Å². The summed E-state index contributed by atoms with van der Waals surface area (Å²) in [6.45, 7) is 0. The molecule has 0 saturated carbocycles. The summed E-state index contributed by atoms with van der Waals surface area (Å²) in [4.78, 5) is 0. The van der Waals surface area contributed by atoms with Crippen molar-refractivity contribution in [3.8, 4) is 0 Å². The molecule has 0 unspecified atom stereocenters. The van der Waals surface area contributed by atoms with E-state index in [1.54, 1.807) is 0 Å². The summed E-state index contributed by atoms with van der Waals surface area (Å²) in [6.07, 6.45) is 0. The van der Waals surface area contributed by atoms with E-state index in [0.29, 0.717) is 0 Å². The Morgan fingerprint density at radius 2 is 0.714 bits per heavy atom. The molecular formula is HClF5P. The van der Waals surface area contributed by atoms with Gasteiger partial charge in [-0.15, -0.1) is 12.4 Å². The molecule has 0 bridgehead atoms. The fourth-order valence-electron chi connectivity index (χ4n) is 0. The van der Waals surface area contributed by atoms with Crippen molar-refractivity contribution in [3.05, 3.63) is 0 Å². The average Bonchev–Trinajstić information content (AvgIpc) is 0.650. The molecule has 0 atom stereocenters. The van der Waals surface area contributed by atoms with Crippen molar-refractivity contribution in [2.45, 2.75) is 0 Å². The van der Waals surface area contributed by atoms with Gasteiger partial charge in [0.25, 0.3) is 0 Å². The Kier molecular flexibility index (Phi) is 2.53. The summed E-state index contributed by atoms with van der Waals surface area (Å²) in [5.74, 6) is 0. The summed E-state index contributed by atoms with van der Waals surface area (Å²) < 4.78 is 49.2. The van der Waals surface area contributed by atoms with E-state index >= 15 is 0 Å². The van der Waals surface area contributed by atoms with E-state index in [-0.39, 0.29) is 12.4 Å². The van der Waals surface area contributed by atoms with Gasteiger partial charge in [-0.1, -0.05) is 0 Å².